The van der Waals surface area contributed by atoms with Gasteiger partial charge in [0.1, 0.15) is 0 Å². The molecule has 108 valence electrons. The normalized spacial score (nSPS) is 12.1. The van der Waals surface area contributed by atoms with Crippen molar-refractivity contribution in [1.82, 2.24) is 4.72 Å². The number of nitrogens with two attached hydrogens (primary N) is 1. The first-order chi connectivity index (χ1) is 8.74. The van der Waals surface area contributed by atoms with Crippen molar-refractivity contribution in [3.8, 4) is 0 Å². The van der Waals surface area contributed by atoms with Crippen LogP contribution in [-0.2, 0) is 10.0 Å². The first kappa shape index (κ1) is 16.5. The number of anilines is 1. The Labute approximate surface area is 124 Å². The molecule has 0 heterocycles. The summed E-state index contributed by atoms with van der Waals surface area (Å²) in [5, 5.41) is 0. The molecule has 4 nitrogen and oxygen atoms in total. The minimum atomic E-state index is -3.48. The van der Waals surface area contributed by atoms with Gasteiger partial charge in [-0.1, -0.05) is 13.8 Å². The highest BCUT2D eigenvalue weighted by Gasteiger charge is 2.17. The number of hydrogen-bond donors (Lipinski definition) is 2. The fraction of sp³-hybridized carbons (Fsp3) is 0.538. The molecule has 0 aromatic heterocycles. The van der Waals surface area contributed by atoms with Crippen LogP contribution in [0.3, 0.4) is 0 Å². The van der Waals surface area contributed by atoms with Crippen molar-refractivity contribution < 1.29 is 8.42 Å². The third kappa shape index (κ3) is 4.78. The lowest BCUT2D eigenvalue weighted by atomic mass is 10.1. The quantitative estimate of drug-likeness (QED) is 0.612. The predicted molar refractivity (Wildman–Crippen MR) is 82.6 cm³/mol. The van der Waals surface area contributed by atoms with Crippen molar-refractivity contribution in [3.05, 3.63) is 22.2 Å². The zero-order valence-corrected chi connectivity index (χ0v) is 13.9. The molecule has 1 rings (SSSR count). The topological polar surface area (TPSA) is 72.2 Å². The molecule has 19 heavy (non-hydrogen) atoms. The number of sulfonamides is 1. The Morgan fingerprint density at radius 2 is 2.00 bits per heavy atom. The van der Waals surface area contributed by atoms with Gasteiger partial charge in [0.2, 0.25) is 10.0 Å². The standard InChI is InChI=1S/C13H21BrN2O2S/c1-9(2)5-4-6-16-19(17,18)13-8-12(15)11(14)7-10(13)3/h7-9,16H,4-6,15H2,1-3H3. The summed E-state index contributed by atoms with van der Waals surface area (Å²) in [6.07, 6.45) is 1.84. The van der Waals surface area contributed by atoms with Crippen LogP contribution in [0, 0.1) is 12.8 Å². The molecule has 0 spiro atoms. The zero-order chi connectivity index (χ0) is 14.6. The average molecular weight is 349 g/mol. The van der Waals surface area contributed by atoms with Crippen molar-refractivity contribution in [3.63, 3.8) is 0 Å². The van der Waals surface area contributed by atoms with E-state index in [0.717, 1.165) is 12.8 Å². The molecule has 0 saturated heterocycles. The van der Waals surface area contributed by atoms with Crippen LogP contribution in [0.25, 0.3) is 0 Å². The summed E-state index contributed by atoms with van der Waals surface area (Å²) in [5.74, 6) is 0.578. The number of hydrogen-bond acceptors (Lipinski definition) is 3. The van der Waals surface area contributed by atoms with Gasteiger partial charge in [-0.05, 0) is 59.3 Å². The van der Waals surface area contributed by atoms with Gasteiger partial charge in [0.15, 0.2) is 0 Å². The number of aryl methyl sites for hydroxylation is 1. The molecular formula is C13H21BrN2O2S. The first-order valence-electron chi connectivity index (χ1n) is 6.29. The second kappa shape index (κ2) is 6.72. The Hall–Kier alpha value is -0.590. The Morgan fingerprint density at radius 3 is 2.58 bits per heavy atom. The highest BCUT2D eigenvalue weighted by atomic mass is 79.9. The Kier molecular flexibility index (Phi) is 5.82. The maximum absolute atomic E-state index is 12.2. The second-order valence-electron chi connectivity index (χ2n) is 5.07. The van der Waals surface area contributed by atoms with Crippen LogP contribution in [0.1, 0.15) is 32.3 Å². The minimum Gasteiger partial charge on any atom is -0.398 e. The van der Waals surface area contributed by atoms with E-state index in [1.54, 1.807) is 13.0 Å². The van der Waals surface area contributed by atoms with Crippen LogP contribution in [0.15, 0.2) is 21.5 Å². The van der Waals surface area contributed by atoms with Crippen molar-refractivity contribution in [1.29, 1.82) is 0 Å². The molecule has 0 unspecified atom stereocenters. The van der Waals surface area contributed by atoms with Gasteiger partial charge in [0, 0.05) is 16.7 Å². The summed E-state index contributed by atoms with van der Waals surface area (Å²) in [7, 11) is -3.48. The lowest BCUT2D eigenvalue weighted by molar-refractivity contribution is 0.539. The van der Waals surface area contributed by atoms with Gasteiger partial charge >= 0.3 is 0 Å². The van der Waals surface area contributed by atoms with E-state index in [-0.39, 0.29) is 4.90 Å². The molecule has 0 aliphatic rings. The lowest BCUT2D eigenvalue weighted by Gasteiger charge is -2.11. The summed E-state index contributed by atoms with van der Waals surface area (Å²) in [5.41, 5.74) is 6.84. The van der Waals surface area contributed by atoms with Crippen molar-refractivity contribution >= 4 is 31.6 Å². The molecule has 1 aromatic carbocycles. The van der Waals surface area contributed by atoms with Gasteiger partial charge < -0.3 is 5.73 Å². The summed E-state index contributed by atoms with van der Waals surface area (Å²) in [6.45, 7) is 6.45. The van der Waals surface area contributed by atoms with Crippen LogP contribution in [0.4, 0.5) is 5.69 Å². The van der Waals surface area contributed by atoms with Gasteiger partial charge in [-0.25, -0.2) is 13.1 Å². The maximum Gasteiger partial charge on any atom is 0.240 e. The van der Waals surface area contributed by atoms with E-state index in [1.165, 1.54) is 6.07 Å². The molecule has 3 N–H and O–H groups in total. The van der Waals surface area contributed by atoms with E-state index in [2.05, 4.69) is 34.5 Å². The highest BCUT2D eigenvalue weighted by molar-refractivity contribution is 9.10. The smallest absolute Gasteiger partial charge is 0.240 e. The minimum absolute atomic E-state index is 0.248. The van der Waals surface area contributed by atoms with E-state index in [0.29, 0.717) is 28.2 Å². The predicted octanol–water partition coefficient (Wildman–Crippen LogP) is 3.05. The molecule has 0 radical (unpaired) electrons. The first-order valence-corrected chi connectivity index (χ1v) is 8.57. The van der Waals surface area contributed by atoms with E-state index >= 15 is 0 Å². The third-order valence-electron chi connectivity index (χ3n) is 2.83. The van der Waals surface area contributed by atoms with E-state index in [1.807, 2.05) is 0 Å². The van der Waals surface area contributed by atoms with Crippen LogP contribution < -0.4 is 10.5 Å². The van der Waals surface area contributed by atoms with Gasteiger partial charge in [-0.2, -0.15) is 0 Å². The second-order valence-corrected chi connectivity index (χ2v) is 7.66. The van der Waals surface area contributed by atoms with Crippen LogP contribution in [-0.4, -0.2) is 15.0 Å². The van der Waals surface area contributed by atoms with E-state index in [9.17, 15) is 8.42 Å². The Bertz CT molecular complexity index is 542. The summed E-state index contributed by atoms with van der Waals surface area (Å²) >= 11 is 3.29. The van der Waals surface area contributed by atoms with Crippen molar-refractivity contribution in [2.75, 3.05) is 12.3 Å². The van der Waals surface area contributed by atoms with Crippen molar-refractivity contribution in [2.45, 2.75) is 38.5 Å². The summed E-state index contributed by atoms with van der Waals surface area (Å²) in [6, 6.07) is 3.21. The fourth-order valence-electron chi connectivity index (χ4n) is 1.75. The van der Waals surface area contributed by atoms with Crippen molar-refractivity contribution in [2.24, 2.45) is 5.92 Å². The highest BCUT2D eigenvalue weighted by Crippen LogP contribution is 2.26. The van der Waals surface area contributed by atoms with Gasteiger partial charge in [0.25, 0.3) is 0 Å². The van der Waals surface area contributed by atoms with E-state index in [4.69, 9.17) is 5.73 Å². The number of rotatable bonds is 6. The lowest BCUT2D eigenvalue weighted by Crippen LogP contribution is -2.25. The molecule has 6 heteroatoms. The van der Waals surface area contributed by atoms with Gasteiger partial charge in [-0.3, -0.25) is 0 Å². The number of benzene rings is 1. The van der Waals surface area contributed by atoms with Crippen LogP contribution in [0.5, 0.6) is 0 Å². The average Bonchev–Trinajstić information content (AvgIpc) is 2.29. The summed E-state index contributed by atoms with van der Waals surface area (Å²) < 4.78 is 27.7. The molecule has 0 amide bonds. The molecule has 0 atom stereocenters. The Morgan fingerprint density at radius 1 is 1.37 bits per heavy atom. The molecular weight excluding hydrogens is 328 g/mol. The summed E-state index contributed by atoms with van der Waals surface area (Å²) in [4.78, 5) is 0.248. The number of nitrogens with one attached hydrogen (secondary N) is 1. The molecule has 1 aromatic rings. The number of halogens is 1. The molecule has 0 bridgehead atoms. The molecule has 0 aliphatic heterocycles. The zero-order valence-electron chi connectivity index (χ0n) is 11.5. The number of nitrogen functional groups attached to an aromatic ring is 1. The molecule has 0 saturated carbocycles. The van der Waals surface area contributed by atoms with Crippen LogP contribution >= 0.6 is 15.9 Å². The molecule has 0 aliphatic carbocycles. The maximum atomic E-state index is 12.2. The van der Waals surface area contributed by atoms with Crippen LogP contribution in [0.2, 0.25) is 0 Å². The fourth-order valence-corrected chi connectivity index (χ4v) is 3.54. The monoisotopic (exact) mass is 348 g/mol. The third-order valence-corrected chi connectivity index (χ3v) is 5.12. The SMILES string of the molecule is Cc1cc(Br)c(N)cc1S(=O)(=O)NCCCC(C)C. The molecule has 0 fully saturated rings. The van der Waals surface area contributed by atoms with Gasteiger partial charge in [-0.15, -0.1) is 0 Å². The largest absolute Gasteiger partial charge is 0.398 e. The van der Waals surface area contributed by atoms with E-state index < -0.39 is 10.0 Å². The Balaban J connectivity index is 2.80. The van der Waals surface area contributed by atoms with Gasteiger partial charge in [0.05, 0.1) is 4.90 Å².